The predicted molar refractivity (Wildman–Crippen MR) is 50.6 cm³/mol. The molecule has 0 aromatic rings. The molecule has 1 aliphatic rings. The Bertz CT molecular complexity index is 132. The number of methoxy groups -OCH3 is 1. The van der Waals surface area contributed by atoms with Crippen LogP contribution in [0.15, 0.2) is 0 Å². The summed E-state index contributed by atoms with van der Waals surface area (Å²) in [4.78, 5) is 0. The monoisotopic (exact) mass is 188 g/mol. The van der Waals surface area contributed by atoms with Gasteiger partial charge >= 0.3 is 0 Å². The SMILES string of the molecule is COC(C)CC(O)C1CCCOC1. The van der Waals surface area contributed by atoms with E-state index < -0.39 is 0 Å². The first kappa shape index (κ1) is 11.0. The molecule has 0 amide bonds. The first-order chi connectivity index (χ1) is 6.24. The van der Waals surface area contributed by atoms with E-state index in [1.165, 1.54) is 0 Å². The normalized spacial score (nSPS) is 28.4. The van der Waals surface area contributed by atoms with E-state index in [1.807, 2.05) is 6.92 Å². The average molecular weight is 188 g/mol. The lowest BCUT2D eigenvalue weighted by Crippen LogP contribution is -2.31. The Kier molecular flexibility index (Phi) is 4.70. The minimum Gasteiger partial charge on any atom is -0.393 e. The van der Waals surface area contributed by atoms with Gasteiger partial charge in [-0.3, -0.25) is 0 Å². The van der Waals surface area contributed by atoms with Crippen LogP contribution >= 0.6 is 0 Å². The zero-order valence-electron chi connectivity index (χ0n) is 8.53. The lowest BCUT2D eigenvalue weighted by Gasteiger charge is -2.27. The van der Waals surface area contributed by atoms with E-state index in [0.29, 0.717) is 18.9 Å². The molecule has 3 unspecified atom stereocenters. The zero-order valence-corrected chi connectivity index (χ0v) is 8.53. The maximum absolute atomic E-state index is 9.82. The fourth-order valence-electron chi connectivity index (χ4n) is 1.70. The van der Waals surface area contributed by atoms with Gasteiger partial charge in [0.2, 0.25) is 0 Å². The van der Waals surface area contributed by atoms with Gasteiger partial charge in [0.05, 0.1) is 18.8 Å². The highest BCUT2D eigenvalue weighted by Gasteiger charge is 2.23. The highest BCUT2D eigenvalue weighted by molar-refractivity contribution is 4.73. The Hall–Kier alpha value is -0.120. The zero-order chi connectivity index (χ0) is 9.68. The first-order valence-corrected chi connectivity index (χ1v) is 5.02. The van der Waals surface area contributed by atoms with Gasteiger partial charge in [0, 0.05) is 19.6 Å². The van der Waals surface area contributed by atoms with Crippen molar-refractivity contribution in [3.8, 4) is 0 Å². The molecule has 3 atom stereocenters. The van der Waals surface area contributed by atoms with E-state index in [9.17, 15) is 5.11 Å². The summed E-state index contributed by atoms with van der Waals surface area (Å²) in [6, 6.07) is 0. The highest BCUT2D eigenvalue weighted by Crippen LogP contribution is 2.20. The summed E-state index contributed by atoms with van der Waals surface area (Å²) in [6.07, 6.45) is 2.73. The molecule has 3 nitrogen and oxygen atoms in total. The van der Waals surface area contributed by atoms with E-state index in [4.69, 9.17) is 9.47 Å². The van der Waals surface area contributed by atoms with Gasteiger partial charge in [-0.05, 0) is 26.2 Å². The third kappa shape index (κ3) is 3.63. The second-order valence-electron chi connectivity index (χ2n) is 3.83. The lowest BCUT2D eigenvalue weighted by atomic mass is 9.92. The van der Waals surface area contributed by atoms with Crippen molar-refractivity contribution >= 4 is 0 Å². The van der Waals surface area contributed by atoms with Crippen LogP contribution in [0.3, 0.4) is 0 Å². The van der Waals surface area contributed by atoms with Gasteiger partial charge in [-0.15, -0.1) is 0 Å². The second-order valence-corrected chi connectivity index (χ2v) is 3.83. The smallest absolute Gasteiger partial charge is 0.0615 e. The molecule has 3 heteroatoms. The molecular formula is C10H20O3. The standard InChI is InChI=1S/C10H20O3/c1-8(12-2)6-10(11)9-4-3-5-13-7-9/h8-11H,3-7H2,1-2H3. The molecule has 1 rings (SSSR count). The van der Waals surface area contributed by atoms with E-state index in [2.05, 4.69) is 0 Å². The molecule has 1 aliphatic heterocycles. The quantitative estimate of drug-likeness (QED) is 0.720. The summed E-state index contributed by atoms with van der Waals surface area (Å²) < 4.78 is 10.4. The van der Waals surface area contributed by atoms with Crippen molar-refractivity contribution in [2.24, 2.45) is 5.92 Å². The Morgan fingerprint density at radius 2 is 2.38 bits per heavy atom. The molecule has 1 heterocycles. The summed E-state index contributed by atoms with van der Waals surface area (Å²) in [5, 5.41) is 9.82. The van der Waals surface area contributed by atoms with Crippen molar-refractivity contribution in [1.82, 2.24) is 0 Å². The molecule has 1 N–H and O–H groups in total. The van der Waals surface area contributed by atoms with Gasteiger partial charge < -0.3 is 14.6 Å². The van der Waals surface area contributed by atoms with Gasteiger partial charge in [-0.25, -0.2) is 0 Å². The largest absolute Gasteiger partial charge is 0.393 e. The molecule has 1 saturated heterocycles. The summed E-state index contributed by atoms with van der Waals surface area (Å²) in [6.45, 7) is 3.54. The van der Waals surface area contributed by atoms with E-state index >= 15 is 0 Å². The molecule has 78 valence electrons. The fraction of sp³-hybridized carbons (Fsp3) is 1.00. The van der Waals surface area contributed by atoms with Crippen LogP contribution in [-0.2, 0) is 9.47 Å². The predicted octanol–water partition coefficient (Wildman–Crippen LogP) is 1.20. The summed E-state index contributed by atoms with van der Waals surface area (Å²) in [5.74, 6) is 0.311. The lowest BCUT2D eigenvalue weighted by molar-refractivity contribution is -0.0312. The molecule has 0 spiro atoms. The first-order valence-electron chi connectivity index (χ1n) is 5.02. The maximum Gasteiger partial charge on any atom is 0.0615 e. The van der Waals surface area contributed by atoms with Crippen LogP contribution in [0.1, 0.15) is 26.2 Å². The minimum absolute atomic E-state index is 0.136. The molecule has 1 fully saturated rings. The van der Waals surface area contributed by atoms with Crippen LogP contribution in [0.5, 0.6) is 0 Å². The number of rotatable bonds is 4. The van der Waals surface area contributed by atoms with Gasteiger partial charge in [-0.2, -0.15) is 0 Å². The molecule has 0 aliphatic carbocycles. The molecule has 0 radical (unpaired) electrons. The topological polar surface area (TPSA) is 38.7 Å². The third-order valence-electron chi connectivity index (χ3n) is 2.72. The molecule has 0 aromatic heterocycles. The molecule has 0 bridgehead atoms. The summed E-state index contributed by atoms with van der Waals surface area (Å²) in [5.41, 5.74) is 0. The average Bonchev–Trinajstić information content (AvgIpc) is 2.19. The summed E-state index contributed by atoms with van der Waals surface area (Å²) >= 11 is 0. The van der Waals surface area contributed by atoms with Crippen molar-refractivity contribution in [1.29, 1.82) is 0 Å². The van der Waals surface area contributed by atoms with Crippen LogP contribution in [0.4, 0.5) is 0 Å². The number of hydrogen-bond donors (Lipinski definition) is 1. The number of aliphatic hydroxyl groups excluding tert-OH is 1. The van der Waals surface area contributed by atoms with Gasteiger partial charge in [-0.1, -0.05) is 0 Å². The third-order valence-corrected chi connectivity index (χ3v) is 2.72. The minimum atomic E-state index is -0.268. The Morgan fingerprint density at radius 1 is 1.62 bits per heavy atom. The fourth-order valence-corrected chi connectivity index (χ4v) is 1.70. The maximum atomic E-state index is 9.82. The highest BCUT2D eigenvalue weighted by atomic mass is 16.5. The van der Waals surface area contributed by atoms with E-state index in [-0.39, 0.29) is 12.2 Å². The van der Waals surface area contributed by atoms with E-state index in [1.54, 1.807) is 7.11 Å². The van der Waals surface area contributed by atoms with Gasteiger partial charge in [0.1, 0.15) is 0 Å². The van der Waals surface area contributed by atoms with Crippen molar-refractivity contribution < 1.29 is 14.6 Å². The molecule has 0 aromatic carbocycles. The Labute approximate surface area is 80.0 Å². The van der Waals surface area contributed by atoms with Gasteiger partial charge in [0.25, 0.3) is 0 Å². The van der Waals surface area contributed by atoms with Crippen molar-refractivity contribution in [2.45, 2.75) is 38.4 Å². The van der Waals surface area contributed by atoms with Crippen LogP contribution < -0.4 is 0 Å². The second kappa shape index (κ2) is 5.58. The summed E-state index contributed by atoms with van der Waals surface area (Å²) in [7, 11) is 1.68. The van der Waals surface area contributed by atoms with Crippen LogP contribution in [0, 0.1) is 5.92 Å². The van der Waals surface area contributed by atoms with Crippen LogP contribution in [0.25, 0.3) is 0 Å². The Morgan fingerprint density at radius 3 is 2.92 bits per heavy atom. The number of hydrogen-bond acceptors (Lipinski definition) is 3. The van der Waals surface area contributed by atoms with Crippen molar-refractivity contribution in [3.05, 3.63) is 0 Å². The van der Waals surface area contributed by atoms with E-state index in [0.717, 1.165) is 19.4 Å². The molecule has 0 saturated carbocycles. The van der Waals surface area contributed by atoms with Crippen LogP contribution in [-0.4, -0.2) is 37.6 Å². The number of ether oxygens (including phenoxy) is 2. The number of aliphatic hydroxyl groups is 1. The Balaban J connectivity index is 2.24. The molecular weight excluding hydrogens is 168 g/mol. The van der Waals surface area contributed by atoms with Crippen molar-refractivity contribution in [2.75, 3.05) is 20.3 Å². The van der Waals surface area contributed by atoms with Crippen molar-refractivity contribution in [3.63, 3.8) is 0 Å². The van der Waals surface area contributed by atoms with Gasteiger partial charge in [0.15, 0.2) is 0 Å². The van der Waals surface area contributed by atoms with Crippen LogP contribution in [0.2, 0.25) is 0 Å². The molecule has 13 heavy (non-hydrogen) atoms.